The highest BCUT2D eigenvalue weighted by molar-refractivity contribution is 5.95. The Kier molecular flexibility index (Phi) is 3.38. The van der Waals surface area contributed by atoms with Crippen molar-refractivity contribution < 1.29 is 0 Å². The van der Waals surface area contributed by atoms with E-state index in [1.165, 1.54) is 22.1 Å². The highest BCUT2D eigenvalue weighted by Crippen LogP contribution is 2.29. The molecule has 1 N–H and O–H groups in total. The van der Waals surface area contributed by atoms with E-state index >= 15 is 0 Å². The number of aryl methyl sites for hydroxylation is 1. The van der Waals surface area contributed by atoms with Crippen LogP contribution in [-0.4, -0.2) is 12.0 Å². The Balaban J connectivity index is 2.29. The summed E-state index contributed by atoms with van der Waals surface area (Å²) in [6.45, 7) is 2.16. The van der Waals surface area contributed by atoms with Gasteiger partial charge in [0.05, 0.1) is 5.52 Å². The fraction of sp³-hybridized carbons (Fsp3) is 0.167. The molecule has 0 saturated heterocycles. The Hall–Kier alpha value is -2.35. The molecule has 0 unspecified atom stereocenters. The number of hydrogen-bond donors (Lipinski definition) is 1. The average Bonchev–Trinajstić information content (AvgIpc) is 2.53. The van der Waals surface area contributed by atoms with E-state index in [0.717, 1.165) is 17.8 Å². The third-order valence-corrected chi connectivity index (χ3v) is 3.63. The van der Waals surface area contributed by atoms with Crippen molar-refractivity contribution in [1.29, 1.82) is 0 Å². The summed E-state index contributed by atoms with van der Waals surface area (Å²) in [5.41, 5.74) is 4.70. The van der Waals surface area contributed by atoms with Gasteiger partial charge in [-0.05, 0) is 23.6 Å². The first kappa shape index (κ1) is 12.7. The Morgan fingerprint density at radius 1 is 1.00 bits per heavy atom. The lowest BCUT2D eigenvalue weighted by Crippen LogP contribution is -1.99. The molecular weight excluding hydrogens is 244 g/mol. The van der Waals surface area contributed by atoms with E-state index in [9.17, 15) is 0 Å². The van der Waals surface area contributed by atoms with Gasteiger partial charge in [-0.15, -0.1) is 0 Å². The SMILES string of the molecule is CCc1cc2cccc(-c3ccccc3)c2nc1NC. The molecule has 0 aliphatic rings. The molecule has 1 heterocycles. The Bertz CT molecular complexity index is 733. The zero-order valence-electron chi connectivity index (χ0n) is 11.9. The summed E-state index contributed by atoms with van der Waals surface area (Å²) in [5.74, 6) is 0.975. The lowest BCUT2D eigenvalue weighted by atomic mass is 10.0. The van der Waals surface area contributed by atoms with Crippen molar-refractivity contribution in [3.05, 3.63) is 60.2 Å². The first-order chi connectivity index (χ1) is 9.83. The maximum absolute atomic E-state index is 4.83. The minimum Gasteiger partial charge on any atom is -0.373 e. The van der Waals surface area contributed by atoms with Crippen LogP contribution < -0.4 is 5.32 Å². The second kappa shape index (κ2) is 5.33. The van der Waals surface area contributed by atoms with E-state index in [1.807, 2.05) is 13.1 Å². The number of anilines is 1. The highest BCUT2D eigenvalue weighted by atomic mass is 15.0. The molecule has 3 aromatic rings. The van der Waals surface area contributed by atoms with Gasteiger partial charge in [0.1, 0.15) is 5.82 Å². The molecule has 20 heavy (non-hydrogen) atoms. The predicted octanol–water partition coefficient (Wildman–Crippen LogP) is 4.51. The molecule has 0 bridgehead atoms. The van der Waals surface area contributed by atoms with Crippen LogP contribution in [0.5, 0.6) is 0 Å². The van der Waals surface area contributed by atoms with Crippen molar-refractivity contribution in [2.75, 3.05) is 12.4 Å². The van der Waals surface area contributed by atoms with Crippen LogP contribution in [0.1, 0.15) is 12.5 Å². The summed E-state index contributed by atoms with van der Waals surface area (Å²) < 4.78 is 0. The quantitative estimate of drug-likeness (QED) is 0.751. The van der Waals surface area contributed by atoms with Crippen LogP contribution in [0.15, 0.2) is 54.6 Å². The number of nitrogens with zero attached hydrogens (tertiary/aromatic N) is 1. The second-order valence-corrected chi connectivity index (χ2v) is 4.84. The minimum absolute atomic E-state index is 0.975. The fourth-order valence-corrected chi connectivity index (χ4v) is 2.58. The van der Waals surface area contributed by atoms with Crippen molar-refractivity contribution >= 4 is 16.7 Å². The molecule has 1 aromatic heterocycles. The van der Waals surface area contributed by atoms with E-state index in [-0.39, 0.29) is 0 Å². The number of hydrogen-bond acceptors (Lipinski definition) is 2. The topological polar surface area (TPSA) is 24.9 Å². The van der Waals surface area contributed by atoms with E-state index in [1.54, 1.807) is 0 Å². The van der Waals surface area contributed by atoms with Gasteiger partial charge in [-0.2, -0.15) is 0 Å². The standard InChI is InChI=1S/C18H18N2/c1-3-13-12-15-10-7-11-16(14-8-5-4-6-9-14)17(15)20-18(13)19-2/h4-12H,3H2,1-2H3,(H,19,20). The number of para-hydroxylation sites is 1. The molecule has 0 fully saturated rings. The molecular formula is C18H18N2. The van der Waals surface area contributed by atoms with Crippen LogP contribution in [0.2, 0.25) is 0 Å². The summed E-state index contributed by atoms with van der Waals surface area (Å²) in [4.78, 5) is 4.83. The normalized spacial score (nSPS) is 10.7. The summed E-state index contributed by atoms with van der Waals surface area (Å²) in [6, 6.07) is 19.0. The van der Waals surface area contributed by atoms with Gasteiger partial charge < -0.3 is 5.32 Å². The summed E-state index contributed by atoms with van der Waals surface area (Å²) in [6.07, 6.45) is 0.981. The molecule has 2 heteroatoms. The fourth-order valence-electron chi connectivity index (χ4n) is 2.58. The van der Waals surface area contributed by atoms with Gasteiger partial charge in [0.25, 0.3) is 0 Å². The van der Waals surface area contributed by atoms with Gasteiger partial charge in [0, 0.05) is 18.0 Å². The Labute approximate surface area is 119 Å². The first-order valence-electron chi connectivity index (χ1n) is 6.99. The molecule has 0 saturated carbocycles. The van der Waals surface area contributed by atoms with Crippen LogP contribution >= 0.6 is 0 Å². The van der Waals surface area contributed by atoms with Gasteiger partial charge in [-0.3, -0.25) is 0 Å². The van der Waals surface area contributed by atoms with Crippen molar-refractivity contribution in [3.8, 4) is 11.1 Å². The molecule has 100 valence electrons. The number of nitrogens with one attached hydrogen (secondary N) is 1. The van der Waals surface area contributed by atoms with E-state index in [4.69, 9.17) is 4.98 Å². The van der Waals surface area contributed by atoms with Crippen molar-refractivity contribution in [1.82, 2.24) is 4.98 Å². The van der Waals surface area contributed by atoms with Gasteiger partial charge in [-0.1, -0.05) is 55.5 Å². The average molecular weight is 262 g/mol. The molecule has 3 rings (SSSR count). The molecule has 0 aliphatic carbocycles. The van der Waals surface area contributed by atoms with Crippen LogP contribution in [0, 0.1) is 0 Å². The molecule has 0 aliphatic heterocycles. The zero-order chi connectivity index (χ0) is 13.9. The van der Waals surface area contributed by atoms with Crippen molar-refractivity contribution in [2.24, 2.45) is 0 Å². The largest absolute Gasteiger partial charge is 0.373 e. The van der Waals surface area contributed by atoms with E-state index in [0.29, 0.717) is 0 Å². The summed E-state index contributed by atoms with van der Waals surface area (Å²) >= 11 is 0. The molecule has 2 aromatic carbocycles. The molecule has 0 atom stereocenters. The smallest absolute Gasteiger partial charge is 0.129 e. The maximum Gasteiger partial charge on any atom is 0.129 e. The van der Waals surface area contributed by atoms with Crippen LogP contribution in [0.4, 0.5) is 5.82 Å². The highest BCUT2D eigenvalue weighted by Gasteiger charge is 2.08. The third kappa shape index (κ3) is 2.14. The van der Waals surface area contributed by atoms with Gasteiger partial charge in [0.2, 0.25) is 0 Å². The molecule has 0 radical (unpaired) electrons. The van der Waals surface area contributed by atoms with Crippen LogP contribution in [0.25, 0.3) is 22.0 Å². The lowest BCUT2D eigenvalue weighted by Gasteiger charge is -2.11. The maximum atomic E-state index is 4.83. The molecule has 2 nitrogen and oxygen atoms in total. The number of benzene rings is 2. The van der Waals surface area contributed by atoms with Crippen LogP contribution in [0.3, 0.4) is 0 Å². The minimum atomic E-state index is 0.975. The number of aromatic nitrogens is 1. The van der Waals surface area contributed by atoms with Crippen molar-refractivity contribution in [2.45, 2.75) is 13.3 Å². The van der Waals surface area contributed by atoms with E-state index < -0.39 is 0 Å². The van der Waals surface area contributed by atoms with Crippen molar-refractivity contribution in [3.63, 3.8) is 0 Å². The summed E-state index contributed by atoms with van der Waals surface area (Å²) in [7, 11) is 1.93. The number of pyridine rings is 1. The second-order valence-electron chi connectivity index (χ2n) is 4.84. The Morgan fingerprint density at radius 3 is 2.50 bits per heavy atom. The lowest BCUT2D eigenvalue weighted by molar-refractivity contribution is 1.12. The van der Waals surface area contributed by atoms with Gasteiger partial charge in [-0.25, -0.2) is 4.98 Å². The zero-order valence-corrected chi connectivity index (χ0v) is 11.9. The van der Waals surface area contributed by atoms with E-state index in [2.05, 4.69) is 60.8 Å². The van der Waals surface area contributed by atoms with Crippen LogP contribution in [-0.2, 0) is 6.42 Å². The van der Waals surface area contributed by atoms with Gasteiger partial charge in [0.15, 0.2) is 0 Å². The monoisotopic (exact) mass is 262 g/mol. The number of rotatable bonds is 3. The summed E-state index contributed by atoms with van der Waals surface area (Å²) in [5, 5.41) is 4.40. The third-order valence-electron chi connectivity index (χ3n) is 3.63. The Morgan fingerprint density at radius 2 is 1.80 bits per heavy atom. The predicted molar refractivity (Wildman–Crippen MR) is 86.1 cm³/mol. The van der Waals surface area contributed by atoms with Gasteiger partial charge >= 0.3 is 0 Å². The molecule has 0 spiro atoms. The number of fused-ring (bicyclic) bond motifs is 1. The molecule has 0 amide bonds. The first-order valence-corrected chi connectivity index (χ1v) is 6.99.